The van der Waals surface area contributed by atoms with E-state index in [1.54, 1.807) is 12.1 Å². The summed E-state index contributed by atoms with van der Waals surface area (Å²) in [6, 6.07) is 10.8. The van der Waals surface area contributed by atoms with Gasteiger partial charge >= 0.3 is 0 Å². The van der Waals surface area contributed by atoms with Crippen molar-refractivity contribution in [1.82, 2.24) is 10.3 Å². The molecule has 1 aromatic carbocycles. The van der Waals surface area contributed by atoms with Gasteiger partial charge in [0.25, 0.3) is 5.91 Å². The van der Waals surface area contributed by atoms with Gasteiger partial charge in [-0.2, -0.15) is 0 Å². The van der Waals surface area contributed by atoms with E-state index in [2.05, 4.69) is 10.3 Å². The van der Waals surface area contributed by atoms with E-state index in [9.17, 15) is 4.79 Å². The number of hydrogen-bond acceptors (Lipinski definition) is 4. The third-order valence-corrected chi connectivity index (χ3v) is 3.12. The van der Waals surface area contributed by atoms with Gasteiger partial charge in [0.2, 0.25) is 0 Å². The van der Waals surface area contributed by atoms with Crippen molar-refractivity contribution in [3.05, 3.63) is 53.9 Å². The number of pyridine rings is 1. The number of nitrogen functional groups attached to an aromatic ring is 1. The number of carbonyl (C=O) groups excluding carboxylic acids is 1. The maximum absolute atomic E-state index is 12.1. The normalized spacial score (nSPS) is 11.5. The molecule has 0 bridgehead atoms. The minimum Gasteiger partial charge on any atom is -0.491 e. The minimum absolute atomic E-state index is 0. The van der Waals surface area contributed by atoms with Crippen LogP contribution >= 0.6 is 12.4 Å². The molecule has 2 rings (SSSR count). The summed E-state index contributed by atoms with van der Waals surface area (Å²) in [7, 11) is 0. The van der Waals surface area contributed by atoms with Gasteiger partial charge in [-0.1, -0.05) is 12.1 Å². The van der Waals surface area contributed by atoms with Crippen LogP contribution in [0.2, 0.25) is 0 Å². The maximum atomic E-state index is 12.1. The van der Waals surface area contributed by atoms with Crippen molar-refractivity contribution < 1.29 is 9.53 Å². The van der Waals surface area contributed by atoms with E-state index in [4.69, 9.17) is 10.5 Å². The molecule has 0 spiro atoms. The predicted molar refractivity (Wildman–Crippen MR) is 94.0 cm³/mol. The Kier molecular flexibility index (Phi) is 6.85. The van der Waals surface area contributed by atoms with Gasteiger partial charge < -0.3 is 15.8 Å². The predicted octanol–water partition coefficient (Wildman–Crippen LogP) is 3.36. The average molecular weight is 336 g/mol. The van der Waals surface area contributed by atoms with Gasteiger partial charge in [0.15, 0.2) is 0 Å². The molecule has 0 aliphatic heterocycles. The standard InChI is InChI=1S/C17H21N3O2.ClH/c1-11(2)22-15-7-4-13(5-8-15)12(3)20-17(21)16-9-6-14(18)10-19-16;/h4-12H,18H2,1-3H3,(H,20,21);1H. The quantitative estimate of drug-likeness (QED) is 0.878. The minimum atomic E-state index is -0.227. The maximum Gasteiger partial charge on any atom is 0.270 e. The van der Waals surface area contributed by atoms with Crippen molar-refractivity contribution in [2.24, 2.45) is 0 Å². The van der Waals surface area contributed by atoms with Crippen LogP contribution in [0.5, 0.6) is 5.75 Å². The van der Waals surface area contributed by atoms with Crippen LogP contribution in [0.15, 0.2) is 42.6 Å². The Hall–Kier alpha value is -2.27. The van der Waals surface area contributed by atoms with Gasteiger partial charge in [-0.25, -0.2) is 4.98 Å². The highest BCUT2D eigenvalue weighted by Crippen LogP contribution is 2.19. The number of nitrogens with two attached hydrogens (primary N) is 1. The van der Waals surface area contributed by atoms with Crippen molar-refractivity contribution in [3.8, 4) is 5.75 Å². The number of aromatic nitrogens is 1. The molecule has 5 nitrogen and oxygen atoms in total. The van der Waals surface area contributed by atoms with Gasteiger partial charge in [0.1, 0.15) is 11.4 Å². The lowest BCUT2D eigenvalue weighted by atomic mass is 10.1. The molecule has 1 aromatic heterocycles. The van der Waals surface area contributed by atoms with E-state index >= 15 is 0 Å². The van der Waals surface area contributed by atoms with Crippen LogP contribution in [0.4, 0.5) is 5.69 Å². The molecule has 124 valence electrons. The van der Waals surface area contributed by atoms with E-state index in [-0.39, 0.29) is 30.5 Å². The van der Waals surface area contributed by atoms with Crippen LogP contribution in [0.25, 0.3) is 0 Å². The topological polar surface area (TPSA) is 77.2 Å². The first kappa shape index (κ1) is 18.8. The number of ether oxygens (including phenoxy) is 1. The van der Waals surface area contributed by atoms with Crippen LogP contribution in [-0.4, -0.2) is 17.0 Å². The molecule has 1 amide bonds. The van der Waals surface area contributed by atoms with Gasteiger partial charge in [-0.15, -0.1) is 12.4 Å². The smallest absolute Gasteiger partial charge is 0.270 e. The van der Waals surface area contributed by atoms with E-state index in [1.165, 1.54) is 6.20 Å². The summed E-state index contributed by atoms with van der Waals surface area (Å²) >= 11 is 0. The van der Waals surface area contributed by atoms with Crippen molar-refractivity contribution in [3.63, 3.8) is 0 Å². The number of halogens is 1. The molecular formula is C17H22ClN3O2. The van der Waals surface area contributed by atoms with Gasteiger partial charge in [-0.3, -0.25) is 4.79 Å². The molecular weight excluding hydrogens is 314 g/mol. The lowest BCUT2D eigenvalue weighted by molar-refractivity contribution is 0.0935. The number of hydrogen-bond donors (Lipinski definition) is 2. The largest absolute Gasteiger partial charge is 0.491 e. The highest BCUT2D eigenvalue weighted by atomic mass is 35.5. The summed E-state index contributed by atoms with van der Waals surface area (Å²) < 4.78 is 5.60. The van der Waals surface area contributed by atoms with Crippen LogP contribution < -0.4 is 15.8 Å². The Morgan fingerprint density at radius 3 is 2.30 bits per heavy atom. The molecule has 23 heavy (non-hydrogen) atoms. The third-order valence-electron chi connectivity index (χ3n) is 3.12. The lowest BCUT2D eigenvalue weighted by Crippen LogP contribution is -2.27. The van der Waals surface area contributed by atoms with Gasteiger partial charge in [-0.05, 0) is 50.6 Å². The second-order valence-corrected chi connectivity index (χ2v) is 5.41. The van der Waals surface area contributed by atoms with Crippen LogP contribution in [0.1, 0.15) is 42.9 Å². The van der Waals surface area contributed by atoms with Crippen molar-refractivity contribution in [2.45, 2.75) is 32.9 Å². The molecule has 0 saturated heterocycles. The van der Waals surface area contributed by atoms with E-state index in [1.807, 2.05) is 45.0 Å². The monoisotopic (exact) mass is 335 g/mol. The summed E-state index contributed by atoms with van der Waals surface area (Å²) in [6.45, 7) is 5.89. The summed E-state index contributed by atoms with van der Waals surface area (Å²) in [5, 5.41) is 2.91. The number of anilines is 1. The summed E-state index contributed by atoms with van der Waals surface area (Å²) in [6.07, 6.45) is 1.61. The van der Waals surface area contributed by atoms with E-state index in [0.717, 1.165) is 11.3 Å². The number of nitrogens with zero attached hydrogens (tertiary/aromatic N) is 1. The van der Waals surface area contributed by atoms with Gasteiger partial charge in [0, 0.05) is 0 Å². The first-order valence-electron chi connectivity index (χ1n) is 7.24. The second-order valence-electron chi connectivity index (χ2n) is 5.41. The molecule has 3 N–H and O–H groups in total. The van der Waals surface area contributed by atoms with E-state index in [0.29, 0.717) is 11.4 Å². The summed E-state index contributed by atoms with van der Waals surface area (Å²) in [5.41, 5.74) is 7.44. The van der Waals surface area contributed by atoms with Crippen molar-refractivity contribution >= 4 is 24.0 Å². The average Bonchev–Trinajstić information content (AvgIpc) is 2.48. The molecule has 0 fully saturated rings. The second kappa shape index (κ2) is 8.39. The molecule has 0 saturated carbocycles. The zero-order valence-electron chi connectivity index (χ0n) is 13.4. The Morgan fingerprint density at radius 2 is 1.78 bits per heavy atom. The third kappa shape index (κ3) is 5.45. The molecule has 2 aromatic rings. The number of carbonyl (C=O) groups is 1. The molecule has 0 radical (unpaired) electrons. The lowest BCUT2D eigenvalue weighted by Gasteiger charge is -2.15. The number of rotatable bonds is 5. The Bertz CT molecular complexity index is 627. The van der Waals surface area contributed by atoms with Crippen molar-refractivity contribution in [1.29, 1.82) is 0 Å². The van der Waals surface area contributed by atoms with Crippen molar-refractivity contribution in [2.75, 3.05) is 5.73 Å². The van der Waals surface area contributed by atoms with E-state index < -0.39 is 0 Å². The highest BCUT2D eigenvalue weighted by Gasteiger charge is 2.12. The fourth-order valence-corrected chi connectivity index (χ4v) is 2.00. The van der Waals surface area contributed by atoms with Gasteiger partial charge in [0.05, 0.1) is 24.0 Å². The Morgan fingerprint density at radius 1 is 1.13 bits per heavy atom. The zero-order chi connectivity index (χ0) is 16.1. The molecule has 6 heteroatoms. The molecule has 1 heterocycles. The molecule has 0 aliphatic carbocycles. The number of nitrogens with one attached hydrogen (secondary N) is 1. The highest BCUT2D eigenvalue weighted by molar-refractivity contribution is 5.92. The SMILES string of the molecule is CC(C)Oc1ccc(C(C)NC(=O)c2ccc(N)cn2)cc1.Cl. The fraction of sp³-hybridized carbons (Fsp3) is 0.294. The fourth-order valence-electron chi connectivity index (χ4n) is 2.00. The van der Waals surface area contributed by atoms with Crippen LogP contribution in [0.3, 0.4) is 0 Å². The molecule has 0 aliphatic rings. The summed E-state index contributed by atoms with van der Waals surface area (Å²) in [5.74, 6) is 0.590. The molecule has 1 unspecified atom stereocenters. The zero-order valence-corrected chi connectivity index (χ0v) is 14.3. The Labute approximate surface area is 142 Å². The molecule has 1 atom stereocenters. The number of amides is 1. The Balaban J connectivity index is 0.00000264. The summed E-state index contributed by atoms with van der Waals surface area (Å²) in [4.78, 5) is 16.1. The first-order valence-corrected chi connectivity index (χ1v) is 7.24. The first-order chi connectivity index (χ1) is 10.5. The van der Waals surface area contributed by atoms with Crippen LogP contribution in [0, 0.1) is 0 Å². The number of benzene rings is 1. The van der Waals surface area contributed by atoms with Crippen LogP contribution in [-0.2, 0) is 0 Å².